The average Bonchev–Trinajstić information content (AvgIpc) is 2.63. The quantitative estimate of drug-likeness (QED) is 0.718. The van der Waals surface area contributed by atoms with Gasteiger partial charge in [-0.1, -0.05) is 35.9 Å². The van der Waals surface area contributed by atoms with Crippen LogP contribution < -0.4 is 4.90 Å². The van der Waals surface area contributed by atoms with E-state index in [4.69, 9.17) is 23.2 Å². The number of nitrogens with zero attached hydrogens (tertiary/aromatic N) is 1. The molecule has 1 aliphatic heterocycles. The highest BCUT2D eigenvalue weighted by atomic mass is 35.5. The molecule has 1 aliphatic rings. The molecule has 0 aromatic heterocycles. The van der Waals surface area contributed by atoms with Crippen molar-refractivity contribution in [3.8, 4) is 0 Å². The van der Waals surface area contributed by atoms with E-state index in [2.05, 4.69) is 6.07 Å². The van der Waals surface area contributed by atoms with E-state index in [9.17, 15) is 4.79 Å². The van der Waals surface area contributed by atoms with Gasteiger partial charge in [-0.05, 0) is 42.2 Å². The zero-order chi connectivity index (χ0) is 14.1. The Kier molecular flexibility index (Phi) is 3.68. The number of aryl methyl sites for hydroxylation is 2. The van der Waals surface area contributed by atoms with Gasteiger partial charge in [0.1, 0.15) is 5.88 Å². The van der Waals surface area contributed by atoms with E-state index in [0.29, 0.717) is 5.02 Å². The Labute approximate surface area is 127 Å². The van der Waals surface area contributed by atoms with Gasteiger partial charge in [0.15, 0.2) is 0 Å². The van der Waals surface area contributed by atoms with Gasteiger partial charge in [-0.15, -0.1) is 11.6 Å². The smallest absolute Gasteiger partial charge is 0.246 e. The summed E-state index contributed by atoms with van der Waals surface area (Å²) in [6.45, 7) is 0. The van der Waals surface area contributed by atoms with Gasteiger partial charge < -0.3 is 0 Å². The first-order valence-corrected chi connectivity index (χ1v) is 7.37. The number of anilines is 2. The summed E-state index contributed by atoms with van der Waals surface area (Å²) in [6, 6.07) is 13.6. The third-order valence-corrected chi connectivity index (χ3v) is 4.01. The number of rotatable bonds is 1. The summed E-state index contributed by atoms with van der Waals surface area (Å²) in [7, 11) is 0. The van der Waals surface area contributed by atoms with Crippen LogP contribution in [-0.4, -0.2) is 11.8 Å². The second kappa shape index (κ2) is 5.47. The van der Waals surface area contributed by atoms with Crippen molar-refractivity contribution < 1.29 is 4.79 Å². The fourth-order valence-corrected chi connectivity index (χ4v) is 2.91. The lowest BCUT2D eigenvalue weighted by Crippen LogP contribution is -2.27. The number of para-hydroxylation sites is 1. The van der Waals surface area contributed by atoms with E-state index in [0.717, 1.165) is 35.3 Å². The van der Waals surface area contributed by atoms with Crippen LogP contribution in [0.2, 0.25) is 5.02 Å². The molecule has 0 radical (unpaired) electrons. The maximum atomic E-state index is 12.3. The van der Waals surface area contributed by atoms with Gasteiger partial charge in [0, 0.05) is 5.02 Å². The molecular weight excluding hydrogens is 293 g/mol. The van der Waals surface area contributed by atoms with Crippen LogP contribution >= 0.6 is 23.2 Å². The molecule has 0 atom stereocenters. The zero-order valence-corrected chi connectivity index (χ0v) is 12.3. The van der Waals surface area contributed by atoms with Crippen molar-refractivity contribution >= 4 is 40.5 Å². The topological polar surface area (TPSA) is 20.3 Å². The molecule has 0 unspecified atom stereocenters. The second-order valence-electron chi connectivity index (χ2n) is 4.76. The van der Waals surface area contributed by atoms with Crippen LogP contribution in [0, 0.1) is 0 Å². The molecule has 4 heteroatoms. The number of halogens is 2. The van der Waals surface area contributed by atoms with Crippen molar-refractivity contribution in [1.82, 2.24) is 0 Å². The molecule has 0 aliphatic carbocycles. The summed E-state index contributed by atoms with van der Waals surface area (Å²) in [5, 5.41) is 0.621. The minimum absolute atomic E-state index is 0.0553. The van der Waals surface area contributed by atoms with Crippen LogP contribution in [0.4, 0.5) is 11.4 Å². The van der Waals surface area contributed by atoms with Crippen LogP contribution in [0.25, 0.3) is 0 Å². The third-order valence-electron chi connectivity index (χ3n) is 3.55. The Balaban J connectivity index is 2.24. The molecule has 1 heterocycles. The summed E-state index contributed by atoms with van der Waals surface area (Å²) in [6.07, 6.45) is 1.78. The standard InChI is InChI=1S/C16H13Cl2NO/c17-10-16(20)19-14-4-2-1-3-11(14)5-6-12-7-8-13(18)9-15(12)19/h1-4,7-9H,5-6,10H2. The lowest BCUT2D eigenvalue weighted by molar-refractivity contribution is -0.115. The number of alkyl halides is 1. The van der Waals surface area contributed by atoms with Crippen LogP contribution in [0.1, 0.15) is 11.1 Å². The minimum atomic E-state index is -0.135. The number of hydrogen-bond donors (Lipinski definition) is 0. The number of carbonyl (C=O) groups excluding carboxylic acids is 1. The Bertz CT molecular complexity index is 669. The third kappa shape index (κ3) is 2.30. The first kappa shape index (κ1) is 13.5. The maximum Gasteiger partial charge on any atom is 0.246 e. The number of hydrogen-bond acceptors (Lipinski definition) is 1. The summed E-state index contributed by atoms with van der Waals surface area (Å²) in [5.41, 5.74) is 4.01. The molecule has 2 nitrogen and oxygen atoms in total. The first-order valence-electron chi connectivity index (χ1n) is 6.46. The predicted octanol–water partition coefficient (Wildman–Crippen LogP) is 4.34. The first-order chi connectivity index (χ1) is 9.70. The zero-order valence-electron chi connectivity index (χ0n) is 10.8. The fourth-order valence-electron chi connectivity index (χ4n) is 2.62. The van der Waals surface area contributed by atoms with Crippen molar-refractivity contribution in [2.75, 3.05) is 10.8 Å². The van der Waals surface area contributed by atoms with Crippen molar-refractivity contribution in [2.24, 2.45) is 0 Å². The van der Waals surface area contributed by atoms with E-state index < -0.39 is 0 Å². The van der Waals surface area contributed by atoms with Crippen molar-refractivity contribution in [2.45, 2.75) is 12.8 Å². The molecule has 1 amide bonds. The van der Waals surface area contributed by atoms with Gasteiger partial charge in [0.05, 0.1) is 11.4 Å². The molecule has 0 saturated carbocycles. The van der Waals surface area contributed by atoms with Gasteiger partial charge in [0.2, 0.25) is 5.91 Å². The fraction of sp³-hybridized carbons (Fsp3) is 0.188. The van der Waals surface area contributed by atoms with Crippen LogP contribution in [0.15, 0.2) is 42.5 Å². The molecule has 0 fully saturated rings. The Morgan fingerprint density at radius 2 is 1.75 bits per heavy atom. The molecule has 102 valence electrons. The Morgan fingerprint density at radius 3 is 2.50 bits per heavy atom. The lowest BCUT2D eigenvalue weighted by Gasteiger charge is -2.24. The Hall–Kier alpha value is -1.51. The van der Waals surface area contributed by atoms with E-state index >= 15 is 0 Å². The second-order valence-corrected chi connectivity index (χ2v) is 5.47. The average molecular weight is 306 g/mol. The monoisotopic (exact) mass is 305 g/mol. The van der Waals surface area contributed by atoms with E-state index in [1.165, 1.54) is 0 Å². The van der Waals surface area contributed by atoms with Crippen molar-refractivity contribution in [3.05, 3.63) is 58.6 Å². The number of amides is 1. The Morgan fingerprint density at radius 1 is 1.05 bits per heavy atom. The molecule has 2 aromatic carbocycles. The number of benzene rings is 2. The van der Waals surface area contributed by atoms with Gasteiger partial charge in [-0.3, -0.25) is 9.69 Å². The number of carbonyl (C=O) groups is 1. The van der Waals surface area contributed by atoms with E-state index in [-0.39, 0.29) is 11.8 Å². The highest BCUT2D eigenvalue weighted by Crippen LogP contribution is 2.37. The molecule has 3 rings (SSSR count). The lowest BCUT2D eigenvalue weighted by atomic mass is 10.0. The van der Waals surface area contributed by atoms with Gasteiger partial charge >= 0.3 is 0 Å². The highest BCUT2D eigenvalue weighted by Gasteiger charge is 2.25. The minimum Gasteiger partial charge on any atom is -0.279 e. The largest absolute Gasteiger partial charge is 0.279 e. The van der Waals surface area contributed by atoms with Gasteiger partial charge in [0.25, 0.3) is 0 Å². The predicted molar refractivity (Wildman–Crippen MR) is 83.2 cm³/mol. The summed E-state index contributed by atoms with van der Waals surface area (Å²) < 4.78 is 0. The normalized spacial score (nSPS) is 13.4. The molecule has 20 heavy (non-hydrogen) atoms. The van der Waals surface area contributed by atoms with Crippen LogP contribution in [0.5, 0.6) is 0 Å². The van der Waals surface area contributed by atoms with E-state index in [1.807, 2.05) is 36.4 Å². The van der Waals surface area contributed by atoms with Gasteiger partial charge in [-0.2, -0.15) is 0 Å². The molecule has 0 spiro atoms. The summed E-state index contributed by atoms with van der Waals surface area (Å²) in [5.74, 6) is -0.190. The SMILES string of the molecule is O=C(CCl)N1c2ccccc2CCc2ccc(Cl)cc21. The van der Waals surface area contributed by atoms with Crippen LogP contribution in [-0.2, 0) is 17.6 Å². The highest BCUT2D eigenvalue weighted by molar-refractivity contribution is 6.32. The maximum absolute atomic E-state index is 12.3. The molecule has 0 bridgehead atoms. The van der Waals surface area contributed by atoms with Crippen molar-refractivity contribution in [3.63, 3.8) is 0 Å². The number of fused-ring (bicyclic) bond motifs is 2. The molecule has 0 saturated heterocycles. The van der Waals surface area contributed by atoms with Gasteiger partial charge in [-0.25, -0.2) is 0 Å². The van der Waals surface area contributed by atoms with Crippen LogP contribution in [0.3, 0.4) is 0 Å². The summed E-state index contributed by atoms with van der Waals surface area (Å²) in [4.78, 5) is 14.0. The molecule has 2 aromatic rings. The summed E-state index contributed by atoms with van der Waals surface area (Å²) >= 11 is 11.9. The van der Waals surface area contributed by atoms with Crippen molar-refractivity contribution in [1.29, 1.82) is 0 Å². The molecule has 0 N–H and O–H groups in total. The van der Waals surface area contributed by atoms with E-state index in [1.54, 1.807) is 4.90 Å². The molecular formula is C16H13Cl2NO.